The van der Waals surface area contributed by atoms with Gasteiger partial charge in [-0.3, -0.25) is 4.79 Å². The van der Waals surface area contributed by atoms with Gasteiger partial charge >= 0.3 is 5.97 Å². The molecule has 7 nitrogen and oxygen atoms in total. The van der Waals surface area contributed by atoms with Crippen LogP contribution in [0.4, 0.5) is 0 Å². The molecule has 2 rings (SSSR count). The Labute approximate surface area is 209 Å². The quantitative estimate of drug-likeness (QED) is 0.385. The monoisotopic (exact) mass is 509 g/mol. The van der Waals surface area contributed by atoms with E-state index in [1.54, 1.807) is 33.3 Å². The van der Waals surface area contributed by atoms with Gasteiger partial charge in [-0.05, 0) is 42.2 Å². The molecule has 9 heteroatoms. The van der Waals surface area contributed by atoms with Crippen molar-refractivity contribution in [3.05, 3.63) is 57.6 Å². The average Bonchev–Trinajstić information content (AvgIpc) is 2.82. The summed E-state index contributed by atoms with van der Waals surface area (Å²) in [5.41, 5.74) is 3.39. The summed E-state index contributed by atoms with van der Waals surface area (Å²) < 4.78 is 16.5. The maximum absolute atomic E-state index is 12.4. The van der Waals surface area contributed by atoms with Gasteiger partial charge in [-0.25, -0.2) is 4.79 Å². The standard InChI is InChI=1S/C25H29Cl2NO6/c1-5-18(23(26)27)24(29)28-19(25(30)31)11-15-7-9-17(10-8-15)22-20(32-3)12-16(14-34-6-2)13-21(22)33-4/h7-10,12-13,19H,5-6,11,14H2,1-4H3,(H,28,29)(H,30,31)/t19-/m0/s1. The molecule has 2 aromatic carbocycles. The van der Waals surface area contributed by atoms with Crippen molar-refractivity contribution in [3.8, 4) is 22.6 Å². The van der Waals surface area contributed by atoms with Crippen LogP contribution in [0.1, 0.15) is 31.4 Å². The van der Waals surface area contributed by atoms with E-state index in [0.29, 0.717) is 24.7 Å². The number of carboxylic acid groups (broad SMARTS) is 1. The number of halogens is 2. The van der Waals surface area contributed by atoms with Crippen LogP contribution in [0.25, 0.3) is 11.1 Å². The van der Waals surface area contributed by atoms with Crippen molar-refractivity contribution in [2.24, 2.45) is 0 Å². The second kappa shape index (κ2) is 13.2. The number of hydrogen-bond donors (Lipinski definition) is 2. The minimum Gasteiger partial charge on any atom is -0.496 e. The van der Waals surface area contributed by atoms with Crippen molar-refractivity contribution in [1.82, 2.24) is 5.32 Å². The van der Waals surface area contributed by atoms with Crippen LogP contribution in [0.3, 0.4) is 0 Å². The summed E-state index contributed by atoms with van der Waals surface area (Å²) in [6.07, 6.45) is 0.363. The summed E-state index contributed by atoms with van der Waals surface area (Å²) in [6.45, 7) is 4.67. The highest BCUT2D eigenvalue weighted by molar-refractivity contribution is 6.57. The first-order valence-corrected chi connectivity index (χ1v) is 11.5. The van der Waals surface area contributed by atoms with E-state index in [4.69, 9.17) is 37.4 Å². The fourth-order valence-corrected chi connectivity index (χ4v) is 3.86. The minimum atomic E-state index is -1.16. The summed E-state index contributed by atoms with van der Waals surface area (Å²) in [5, 5.41) is 12.1. The summed E-state index contributed by atoms with van der Waals surface area (Å²) in [4.78, 5) is 24.1. The summed E-state index contributed by atoms with van der Waals surface area (Å²) >= 11 is 11.5. The molecule has 2 aromatic rings. The highest BCUT2D eigenvalue weighted by atomic mass is 35.5. The van der Waals surface area contributed by atoms with Crippen LogP contribution >= 0.6 is 23.2 Å². The van der Waals surface area contributed by atoms with Crippen LogP contribution in [-0.4, -0.2) is 43.9 Å². The Morgan fingerprint density at radius 1 is 1.00 bits per heavy atom. The molecule has 2 N–H and O–H groups in total. The first-order valence-electron chi connectivity index (χ1n) is 10.7. The van der Waals surface area contributed by atoms with Gasteiger partial charge < -0.3 is 24.6 Å². The predicted molar refractivity (Wildman–Crippen MR) is 133 cm³/mol. The van der Waals surface area contributed by atoms with Crippen molar-refractivity contribution in [2.75, 3.05) is 20.8 Å². The number of rotatable bonds is 12. The van der Waals surface area contributed by atoms with Crippen molar-refractivity contribution in [3.63, 3.8) is 0 Å². The Bertz CT molecular complexity index is 1010. The molecular formula is C25H29Cl2NO6. The van der Waals surface area contributed by atoms with Crippen LogP contribution in [0.2, 0.25) is 0 Å². The number of amides is 1. The lowest BCUT2D eigenvalue weighted by Crippen LogP contribution is -2.43. The second-order valence-electron chi connectivity index (χ2n) is 7.37. The number of carbonyl (C=O) groups is 2. The lowest BCUT2D eigenvalue weighted by molar-refractivity contribution is -0.141. The van der Waals surface area contributed by atoms with Gasteiger partial charge in [0.1, 0.15) is 22.0 Å². The van der Waals surface area contributed by atoms with Gasteiger partial charge in [-0.2, -0.15) is 0 Å². The van der Waals surface area contributed by atoms with Crippen molar-refractivity contribution in [1.29, 1.82) is 0 Å². The molecule has 0 aliphatic heterocycles. The molecule has 0 fully saturated rings. The van der Waals surface area contributed by atoms with E-state index in [-0.39, 0.29) is 22.9 Å². The van der Waals surface area contributed by atoms with E-state index in [0.717, 1.165) is 22.3 Å². The van der Waals surface area contributed by atoms with Gasteiger partial charge in [0, 0.05) is 18.6 Å². The molecule has 0 heterocycles. The molecule has 0 aromatic heterocycles. The largest absolute Gasteiger partial charge is 0.496 e. The van der Waals surface area contributed by atoms with E-state index in [9.17, 15) is 14.7 Å². The normalized spacial score (nSPS) is 11.5. The van der Waals surface area contributed by atoms with Gasteiger partial charge in [0.05, 0.1) is 26.4 Å². The number of benzene rings is 2. The van der Waals surface area contributed by atoms with E-state index < -0.39 is 17.9 Å². The van der Waals surface area contributed by atoms with Crippen LogP contribution in [0.15, 0.2) is 46.5 Å². The Morgan fingerprint density at radius 3 is 2.03 bits per heavy atom. The topological polar surface area (TPSA) is 94.1 Å². The molecular weight excluding hydrogens is 481 g/mol. The number of nitrogens with one attached hydrogen (secondary N) is 1. The molecule has 0 aliphatic carbocycles. The first-order chi connectivity index (χ1) is 16.2. The van der Waals surface area contributed by atoms with Crippen molar-refractivity contribution >= 4 is 35.1 Å². The highest BCUT2D eigenvalue weighted by Gasteiger charge is 2.23. The number of carboxylic acids is 1. The van der Waals surface area contributed by atoms with Gasteiger partial charge in [-0.15, -0.1) is 0 Å². The maximum Gasteiger partial charge on any atom is 0.326 e. The summed E-state index contributed by atoms with van der Waals surface area (Å²) in [7, 11) is 3.17. The SMILES string of the molecule is CCOCc1cc(OC)c(-c2ccc(C[C@H](NC(=O)C(CC)=C(Cl)Cl)C(=O)O)cc2)c(OC)c1. The van der Waals surface area contributed by atoms with Crippen LogP contribution in [0.5, 0.6) is 11.5 Å². The Balaban J connectivity index is 2.29. The molecule has 0 saturated heterocycles. The fraction of sp³-hybridized carbons (Fsp3) is 0.360. The lowest BCUT2D eigenvalue weighted by atomic mass is 9.98. The molecule has 0 saturated carbocycles. The van der Waals surface area contributed by atoms with E-state index in [1.807, 2.05) is 31.2 Å². The highest BCUT2D eigenvalue weighted by Crippen LogP contribution is 2.40. The molecule has 0 spiro atoms. The maximum atomic E-state index is 12.4. The van der Waals surface area contributed by atoms with Gasteiger partial charge in [0.2, 0.25) is 5.91 Å². The fourth-order valence-electron chi connectivity index (χ4n) is 3.42. The van der Waals surface area contributed by atoms with E-state index >= 15 is 0 Å². The third-order valence-electron chi connectivity index (χ3n) is 5.18. The Morgan fingerprint density at radius 2 is 1.59 bits per heavy atom. The molecule has 0 bridgehead atoms. The summed E-state index contributed by atoms with van der Waals surface area (Å²) in [5.74, 6) is -0.497. The number of methoxy groups -OCH3 is 2. The third-order valence-corrected chi connectivity index (χ3v) is 5.64. The smallest absolute Gasteiger partial charge is 0.326 e. The summed E-state index contributed by atoms with van der Waals surface area (Å²) in [6, 6.07) is 9.97. The van der Waals surface area contributed by atoms with Crippen molar-refractivity contribution < 1.29 is 28.9 Å². The molecule has 0 unspecified atom stereocenters. The zero-order valence-electron chi connectivity index (χ0n) is 19.6. The third kappa shape index (κ3) is 7.13. The molecule has 1 atom stereocenters. The predicted octanol–water partition coefficient (Wildman–Crippen LogP) is 5.12. The van der Waals surface area contributed by atoms with Crippen LogP contribution in [0, 0.1) is 0 Å². The van der Waals surface area contributed by atoms with Crippen LogP contribution in [-0.2, 0) is 27.4 Å². The number of hydrogen-bond acceptors (Lipinski definition) is 5. The Kier molecular flexibility index (Phi) is 10.7. The molecule has 34 heavy (non-hydrogen) atoms. The first kappa shape index (κ1) is 27.5. The Hall–Kier alpha value is -2.74. The van der Waals surface area contributed by atoms with Crippen LogP contribution < -0.4 is 14.8 Å². The van der Waals surface area contributed by atoms with Gasteiger partial charge in [0.25, 0.3) is 0 Å². The van der Waals surface area contributed by atoms with E-state index in [1.165, 1.54) is 0 Å². The number of carbonyl (C=O) groups excluding carboxylic acids is 1. The average molecular weight is 510 g/mol. The van der Waals surface area contributed by atoms with Crippen molar-refractivity contribution in [2.45, 2.75) is 39.3 Å². The zero-order chi connectivity index (χ0) is 25.3. The minimum absolute atomic E-state index is 0.0832. The van der Waals surface area contributed by atoms with Gasteiger partial charge in [0.15, 0.2) is 0 Å². The molecule has 0 radical (unpaired) electrons. The van der Waals surface area contributed by atoms with E-state index in [2.05, 4.69) is 5.32 Å². The molecule has 0 aliphatic rings. The molecule has 184 valence electrons. The second-order valence-corrected chi connectivity index (χ2v) is 8.32. The zero-order valence-corrected chi connectivity index (χ0v) is 21.1. The van der Waals surface area contributed by atoms with Gasteiger partial charge in [-0.1, -0.05) is 54.4 Å². The molecule has 1 amide bonds. The lowest BCUT2D eigenvalue weighted by Gasteiger charge is -2.17. The number of ether oxygens (including phenoxy) is 3. The number of aliphatic carboxylic acids is 1.